The Labute approximate surface area is 94.9 Å². The van der Waals surface area contributed by atoms with Crippen molar-refractivity contribution >= 4 is 32.9 Å². The van der Waals surface area contributed by atoms with E-state index >= 15 is 0 Å². The average molecular weight is 301 g/mol. The van der Waals surface area contributed by atoms with Crippen molar-refractivity contribution in [3.8, 4) is 0 Å². The maximum absolute atomic E-state index is 0. The van der Waals surface area contributed by atoms with Crippen LogP contribution < -0.4 is 0 Å². The van der Waals surface area contributed by atoms with Gasteiger partial charge in [0.2, 0.25) is 0 Å². The van der Waals surface area contributed by atoms with Crippen LogP contribution in [0.4, 0.5) is 0 Å². The van der Waals surface area contributed by atoms with Gasteiger partial charge in [-0.2, -0.15) is 0 Å². The molecule has 8 heteroatoms. The van der Waals surface area contributed by atoms with Crippen molar-refractivity contribution in [1.29, 1.82) is 0 Å². The molecule has 0 aliphatic carbocycles. The van der Waals surface area contributed by atoms with Crippen LogP contribution in [0.5, 0.6) is 0 Å². The van der Waals surface area contributed by atoms with Crippen molar-refractivity contribution < 1.29 is 50.3 Å². The van der Waals surface area contributed by atoms with E-state index in [1.165, 1.54) is 0 Å². The molecule has 0 N–H and O–H groups in total. The second-order valence-corrected chi connectivity index (χ2v) is 0. The first-order chi connectivity index (χ1) is 0. The fraction of sp³-hybridized carbons (Fsp3) is 0. The Morgan fingerprint density at radius 1 is 0.375 bits per heavy atom. The molecule has 0 unspecified atom stereocenters. The first kappa shape index (κ1) is 191. The normalized spacial score (nSPS) is 0. The molecule has 3 radical (unpaired) electrons. The predicted molar refractivity (Wildman–Crippen MR) is 40.7 cm³/mol. The molecule has 0 atom stereocenters. The molecule has 0 aliphatic rings. The van der Waals surface area contributed by atoms with E-state index in [1.54, 1.807) is 0 Å². The van der Waals surface area contributed by atoms with Gasteiger partial charge in [-0.15, -0.1) is 0 Å². The van der Waals surface area contributed by atoms with Crippen molar-refractivity contribution in [2.45, 2.75) is 0 Å². The fourth-order valence-corrected chi connectivity index (χ4v) is 0. The molecule has 0 bridgehead atoms. The van der Waals surface area contributed by atoms with E-state index in [4.69, 9.17) is 0 Å². The molecular formula is H12Co3N2Si3. The van der Waals surface area contributed by atoms with Crippen LogP contribution in [0.1, 0.15) is 0 Å². The minimum atomic E-state index is 0. The summed E-state index contributed by atoms with van der Waals surface area (Å²) in [5.74, 6) is 0. The van der Waals surface area contributed by atoms with Gasteiger partial charge in [-0.05, 0) is 32.9 Å². The maximum atomic E-state index is 0. The van der Waals surface area contributed by atoms with E-state index in [1.807, 2.05) is 0 Å². The van der Waals surface area contributed by atoms with Gasteiger partial charge >= 0.3 is 50.3 Å². The quantitative estimate of drug-likeness (QED) is 0.412. The van der Waals surface area contributed by atoms with E-state index in [0.717, 1.165) is 0 Å². The largest absolute Gasteiger partial charge is 3.00 e. The molecule has 0 rings (SSSR count). The molecular weight excluding hydrogens is 289 g/mol. The van der Waals surface area contributed by atoms with Crippen LogP contribution in [-0.2, 0) is 50.3 Å². The van der Waals surface area contributed by atoms with Crippen LogP contribution in [0, 0.1) is 0 Å². The molecule has 0 amide bonds. The van der Waals surface area contributed by atoms with Crippen LogP contribution in [-0.4, -0.2) is 32.9 Å². The predicted octanol–water partition coefficient (Wildman–Crippen LogP) is -3.78. The number of hydrogen-bond donors (Lipinski definition) is 0. The molecule has 61 valence electrons. The third-order valence-electron chi connectivity index (χ3n) is 0. The second kappa shape index (κ2) is 136. The Morgan fingerprint density at radius 2 is 0.375 bits per heavy atom. The third-order valence-corrected chi connectivity index (χ3v) is 0. The zero-order chi connectivity index (χ0) is 0. The zero-order valence-electron chi connectivity index (χ0n) is 1.89. The molecule has 0 aromatic carbocycles. The Hall–Kier alpha value is 2.09. The molecule has 0 spiro atoms. The first-order valence-corrected chi connectivity index (χ1v) is 0. The topological polar surface area (TPSA) is 61.0 Å². The van der Waals surface area contributed by atoms with Crippen molar-refractivity contribution in [3.05, 3.63) is 12.3 Å². The molecule has 0 aromatic rings. The van der Waals surface area contributed by atoms with Gasteiger partial charge in [0.15, 0.2) is 0 Å². The van der Waals surface area contributed by atoms with Gasteiger partial charge in [-0.25, -0.2) is 0 Å². The van der Waals surface area contributed by atoms with Gasteiger partial charge in [-0.3, -0.25) is 0 Å². The Bertz CT molecular complexity index is 12.5. The molecule has 8 heavy (non-hydrogen) atoms. The monoisotopic (exact) mass is 301 g/mol. The van der Waals surface area contributed by atoms with Gasteiger partial charge < -0.3 is 12.3 Å². The summed E-state index contributed by atoms with van der Waals surface area (Å²) in [4.78, 5) is 0. The minimum Gasteiger partial charge on any atom is -3.00 e. The van der Waals surface area contributed by atoms with Crippen LogP contribution in [0.25, 0.3) is 12.3 Å². The Balaban J connectivity index is 0. The molecule has 0 saturated heterocycles. The number of nitrogens with zero attached hydrogens (tertiary/aromatic N) is 2. The van der Waals surface area contributed by atoms with Gasteiger partial charge in [-0.1, -0.05) is 0 Å². The molecule has 2 nitrogen and oxygen atoms in total. The van der Waals surface area contributed by atoms with Crippen molar-refractivity contribution in [2.75, 3.05) is 0 Å². The van der Waals surface area contributed by atoms with Crippen LogP contribution >= 0.6 is 0 Å². The van der Waals surface area contributed by atoms with E-state index in [9.17, 15) is 0 Å². The standard InChI is InChI=1S/3Co.2N.3H4Si/h;;;;;3*1H4/q3*+2;2*-3;;;. The van der Waals surface area contributed by atoms with Crippen molar-refractivity contribution in [3.63, 3.8) is 0 Å². The molecule has 0 saturated carbocycles. The maximum Gasteiger partial charge on any atom is 2.00 e. The SMILES string of the molecule is [Co+2].[Co+2].[Co+2].[N-3].[N-3].[SiH4].[SiH4].[SiH4]. The van der Waals surface area contributed by atoms with E-state index in [0.29, 0.717) is 0 Å². The summed E-state index contributed by atoms with van der Waals surface area (Å²) in [7, 11) is 0. The van der Waals surface area contributed by atoms with Crippen molar-refractivity contribution in [2.24, 2.45) is 0 Å². The van der Waals surface area contributed by atoms with E-state index in [2.05, 4.69) is 0 Å². The average Bonchev–Trinajstić information content (AvgIpc) is 0. The van der Waals surface area contributed by atoms with E-state index < -0.39 is 0 Å². The van der Waals surface area contributed by atoms with Gasteiger partial charge in [0, 0.05) is 0 Å². The molecule has 0 fully saturated rings. The first-order valence-electron chi connectivity index (χ1n) is 0. The van der Waals surface area contributed by atoms with Crippen molar-refractivity contribution in [1.82, 2.24) is 0 Å². The van der Waals surface area contributed by atoms with Crippen LogP contribution in [0.15, 0.2) is 0 Å². The molecule has 0 heterocycles. The number of rotatable bonds is 0. The van der Waals surface area contributed by atoms with E-state index in [-0.39, 0.29) is 95.5 Å². The molecule has 0 aromatic heterocycles. The number of hydrogen-bond acceptors (Lipinski definition) is 0. The second-order valence-electron chi connectivity index (χ2n) is 0. The molecule has 0 aliphatic heterocycles. The summed E-state index contributed by atoms with van der Waals surface area (Å²) in [6.45, 7) is 0. The minimum absolute atomic E-state index is 0. The van der Waals surface area contributed by atoms with Gasteiger partial charge in [0.05, 0.1) is 0 Å². The summed E-state index contributed by atoms with van der Waals surface area (Å²) < 4.78 is 0. The summed E-state index contributed by atoms with van der Waals surface area (Å²) in [5.41, 5.74) is 0. The third kappa shape index (κ3) is 93.1. The van der Waals surface area contributed by atoms with Gasteiger partial charge in [0.25, 0.3) is 0 Å². The van der Waals surface area contributed by atoms with Crippen LogP contribution in [0.2, 0.25) is 0 Å². The van der Waals surface area contributed by atoms with Gasteiger partial charge in [0.1, 0.15) is 0 Å². The smallest absolute Gasteiger partial charge is 2.00 e. The summed E-state index contributed by atoms with van der Waals surface area (Å²) >= 11 is 0. The summed E-state index contributed by atoms with van der Waals surface area (Å²) in [6, 6.07) is 0. The summed E-state index contributed by atoms with van der Waals surface area (Å²) in [6.07, 6.45) is 0. The van der Waals surface area contributed by atoms with Crippen LogP contribution in [0.3, 0.4) is 0 Å². The summed E-state index contributed by atoms with van der Waals surface area (Å²) in [5, 5.41) is 0. The fourth-order valence-electron chi connectivity index (χ4n) is 0. The zero-order valence-corrected chi connectivity index (χ0v) is 5.02. The Kier molecular flexibility index (Phi) is 3250. The Morgan fingerprint density at radius 3 is 0.375 bits per heavy atom.